The molecule has 0 saturated carbocycles. The second-order valence-electron chi connectivity index (χ2n) is 7.95. The Kier molecular flexibility index (Phi) is 3.03. The molecular weight excluding hydrogens is 272 g/mol. The van der Waals surface area contributed by atoms with E-state index in [9.17, 15) is 4.79 Å². The molecule has 116 valence electrons. The summed E-state index contributed by atoms with van der Waals surface area (Å²) >= 11 is 0. The highest BCUT2D eigenvalue weighted by Crippen LogP contribution is 2.44. The summed E-state index contributed by atoms with van der Waals surface area (Å²) in [4.78, 5) is 17.1. The van der Waals surface area contributed by atoms with E-state index < -0.39 is 0 Å². The fourth-order valence-corrected chi connectivity index (χ4v) is 3.28. The summed E-state index contributed by atoms with van der Waals surface area (Å²) in [7, 11) is 0. The Bertz CT molecular complexity index is 691. The molecule has 22 heavy (non-hydrogen) atoms. The van der Waals surface area contributed by atoms with E-state index in [0.717, 1.165) is 16.8 Å². The molecule has 2 amide bonds. The average molecular weight is 296 g/mol. The maximum absolute atomic E-state index is 13.3. The number of carbonyl (C=O) groups is 1. The molecule has 0 spiro atoms. The van der Waals surface area contributed by atoms with Crippen LogP contribution in [0.5, 0.6) is 0 Å². The number of hydrogen-bond donors (Lipinski definition) is 0. The van der Waals surface area contributed by atoms with E-state index in [4.69, 9.17) is 0 Å². The number of nitrogens with zero attached hydrogens (tertiary/aromatic N) is 2. The molecule has 0 aliphatic carbocycles. The highest BCUT2D eigenvalue weighted by molar-refractivity contribution is 6.20. The van der Waals surface area contributed by atoms with Gasteiger partial charge in [0.1, 0.15) is 0 Å². The van der Waals surface area contributed by atoms with Crippen molar-refractivity contribution in [3.63, 3.8) is 0 Å². The van der Waals surface area contributed by atoms with E-state index in [1.807, 2.05) is 21.9 Å². The predicted molar refractivity (Wildman–Crippen MR) is 93.8 cm³/mol. The lowest BCUT2D eigenvalue weighted by Gasteiger charge is -2.48. The first-order chi connectivity index (χ1) is 10.1. The summed E-state index contributed by atoms with van der Waals surface area (Å²) in [6.45, 7) is 12.5. The monoisotopic (exact) mass is 296 g/mol. The van der Waals surface area contributed by atoms with Crippen LogP contribution in [0.25, 0.3) is 10.8 Å². The van der Waals surface area contributed by atoms with Gasteiger partial charge in [-0.2, -0.15) is 0 Å². The van der Waals surface area contributed by atoms with E-state index >= 15 is 0 Å². The SMILES string of the molecule is CC(C)(C)N1C(=O)N(C(C)(C)C)c2cccc3cccc1c23. The van der Waals surface area contributed by atoms with E-state index in [0.29, 0.717) is 0 Å². The maximum Gasteiger partial charge on any atom is 0.329 e. The van der Waals surface area contributed by atoms with Crippen LogP contribution in [-0.2, 0) is 0 Å². The van der Waals surface area contributed by atoms with Crippen molar-refractivity contribution in [2.24, 2.45) is 0 Å². The normalized spacial score (nSPS) is 15.6. The number of hydrogen-bond acceptors (Lipinski definition) is 1. The van der Waals surface area contributed by atoms with Crippen LogP contribution >= 0.6 is 0 Å². The predicted octanol–water partition coefficient (Wildman–Crippen LogP) is 5.18. The second-order valence-corrected chi connectivity index (χ2v) is 7.95. The standard InChI is InChI=1S/C19H24N2O/c1-18(2,3)20-14-11-7-9-13-10-8-12-15(16(13)14)21(17(20)22)19(4,5)6/h7-12H,1-6H3. The first-order valence-electron chi connectivity index (χ1n) is 7.78. The van der Waals surface area contributed by atoms with Crippen molar-refractivity contribution < 1.29 is 4.79 Å². The molecule has 0 atom stereocenters. The molecule has 1 aliphatic rings. The molecule has 0 N–H and O–H groups in total. The highest BCUT2D eigenvalue weighted by atomic mass is 16.2. The smallest absolute Gasteiger partial charge is 0.288 e. The Morgan fingerprint density at radius 3 is 1.50 bits per heavy atom. The topological polar surface area (TPSA) is 23.6 Å². The van der Waals surface area contributed by atoms with Crippen molar-refractivity contribution in [3.8, 4) is 0 Å². The fraction of sp³-hybridized carbons (Fsp3) is 0.421. The van der Waals surface area contributed by atoms with Crippen LogP contribution in [0.4, 0.5) is 16.2 Å². The van der Waals surface area contributed by atoms with Gasteiger partial charge in [-0.25, -0.2) is 4.79 Å². The zero-order chi connectivity index (χ0) is 16.3. The maximum atomic E-state index is 13.3. The third kappa shape index (κ3) is 2.07. The van der Waals surface area contributed by atoms with Gasteiger partial charge >= 0.3 is 6.03 Å². The van der Waals surface area contributed by atoms with Crippen molar-refractivity contribution in [1.82, 2.24) is 0 Å². The molecule has 2 aromatic rings. The van der Waals surface area contributed by atoms with Gasteiger partial charge in [0, 0.05) is 16.5 Å². The quantitative estimate of drug-likeness (QED) is 0.656. The van der Waals surface area contributed by atoms with Crippen molar-refractivity contribution in [2.45, 2.75) is 52.6 Å². The first kappa shape index (κ1) is 14.9. The minimum atomic E-state index is -0.275. The molecular formula is C19H24N2O. The highest BCUT2D eigenvalue weighted by Gasteiger charge is 2.42. The fourth-order valence-electron chi connectivity index (χ4n) is 3.28. The van der Waals surface area contributed by atoms with Crippen LogP contribution in [0.15, 0.2) is 36.4 Å². The lowest BCUT2D eigenvalue weighted by molar-refractivity contribution is 0.241. The van der Waals surface area contributed by atoms with Crippen molar-refractivity contribution in [2.75, 3.05) is 9.80 Å². The van der Waals surface area contributed by atoms with E-state index in [1.165, 1.54) is 5.39 Å². The van der Waals surface area contributed by atoms with Gasteiger partial charge in [-0.15, -0.1) is 0 Å². The Morgan fingerprint density at radius 1 is 0.727 bits per heavy atom. The van der Waals surface area contributed by atoms with Gasteiger partial charge in [-0.05, 0) is 59.1 Å². The first-order valence-corrected chi connectivity index (χ1v) is 7.78. The van der Waals surface area contributed by atoms with Crippen LogP contribution in [0.2, 0.25) is 0 Å². The molecule has 3 rings (SSSR count). The minimum Gasteiger partial charge on any atom is -0.288 e. The summed E-state index contributed by atoms with van der Waals surface area (Å²) in [5.41, 5.74) is 1.46. The lowest BCUT2D eigenvalue weighted by atomic mass is 9.95. The second kappa shape index (κ2) is 4.48. The summed E-state index contributed by atoms with van der Waals surface area (Å²) in [5, 5.41) is 2.33. The van der Waals surface area contributed by atoms with Crippen molar-refractivity contribution in [3.05, 3.63) is 36.4 Å². The Labute approximate surface area is 132 Å². The lowest BCUT2D eigenvalue weighted by Crippen LogP contribution is -2.59. The van der Waals surface area contributed by atoms with Crippen molar-refractivity contribution in [1.29, 1.82) is 0 Å². The van der Waals surface area contributed by atoms with E-state index in [1.54, 1.807) is 0 Å². The molecule has 2 aromatic carbocycles. The van der Waals surface area contributed by atoms with Gasteiger partial charge < -0.3 is 0 Å². The van der Waals surface area contributed by atoms with Crippen molar-refractivity contribution >= 4 is 28.2 Å². The average Bonchev–Trinajstić information content (AvgIpc) is 2.35. The third-order valence-corrected chi connectivity index (χ3v) is 4.07. The van der Waals surface area contributed by atoms with Crippen LogP contribution in [0.3, 0.4) is 0 Å². The Morgan fingerprint density at radius 2 is 1.14 bits per heavy atom. The molecule has 0 aromatic heterocycles. The number of benzene rings is 2. The largest absolute Gasteiger partial charge is 0.329 e. The number of amides is 2. The van der Waals surface area contributed by atoms with Crippen LogP contribution in [-0.4, -0.2) is 17.1 Å². The molecule has 0 radical (unpaired) electrons. The van der Waals surface area contributed by atoms with Gasteiger partial charge in [0.15, 0.2) is 0 Å². The van der Waals surface area contributed by atoms with Gasteiger partial charge in [0.05, 0.1) is 11.4 Å². The number of urea groups is 1. The van der Waals surface area contributed by atoms with Gasteiger partial charge in [-0.3, -0.25) is 9.80 Å². The van der Waals surface area contributed by atoms with E-state index in [2.05, 4.69) is 65.8 Å². The zero-order valence-electron chi connectivity index (χ0n) is 14.3. The van der Waals surface area contributed by atoms with E-state index in [-0.39, 0.29) is 17.1 Å². The van der Waals surface area contributed by atoms with Crippen LogP contribution in [0, 0.1) is 0 Å². The molecule has 3 nitrogen and oxygen atoms in total. The van der Waals surface area contributed by atoms with Gasteiger partial charge in [0.2, 0.25) is 0 Å². The molecule has 1 heterocycles. The zero-order valence-corrected chi connectivity index (χ0v) is 14.3. The number of rotatable bonds is 0. The minimum absolute atomic E-state index is 0.0474. The molecule has 0 saturated heterocycles. The summed E-state index contributed by atoms with van der Waals surface area (Å²) in [6, 6.07) is 12.4. The van der Waals surface area contributed by atoms with Crippen LogP contribution < -0.4 is 9.80 Å². The summed E-state index contributed by atoms with van der Waals surface area (Å²) in [5.74, 6) is 0. The molecule has 0 unspecified atom stereocenters. The molecule has 0 bridgehead atoms. The Balaban J connectivity index is 2.42. The molecule has 3 heteroatoms. The van der Waals surface area contributed by atoms with Gasteiger partial charge in [0.25, 0.3) is 0 Å². The Hall–Kier alpha value is -2.03. The molecule has 0 fully saturated rings. The summed E-state index contributed by atoms with van der Waals surface area (Å²) in [6.07, 6.45) is 0. The number of anilines is 2. The third-order valence-electron chi connectivity index (χ3n) is 4.07. The summed E-state index contributed by atoms with van der Waals surface area (Å²) < 4.78 is 0. The number of carbonyl (C=O) groups excluding carboxylic acids is 1. The molecule has 1 aliphatic heterocycles. The van der Waals surface area contributed by atoms with Gasteiger partial charge in [-0.1, -0.05) is 24.3 Å². The van der Waals surface area contributed by atoms with Crippen LogP contribution in [0.1, 0.15) is 41.5 Å².